The van der Waals surface area contributed by atoms with Crippen LogP contribution >= 0.6 is 23.2 Å². The maximum Gasteiger partial charge on any atom is 0.0508 e. The Bertz CT molecular complexity index is 289. The van der Waals surface area contributed by atoms with Gasteiger partial charge in [0.1, 0.15) is 0 Å². The Morgan fingerprint density at radius 1 is 1.40 bits per heavy atom. The third-order valence-electron chi connectivity index (χ3n) is 2.19. The number of hydrogen-bond acceptors (Lipinski definition) is 1. The summed E-state index contributed by atoms with van der Waals surface area (Å²) in [5.41, 5.74) is 1.22. The summed E-state index contributed by atoms with van der Waals surface area (Å²) < 4.78 is 5.37. The average molecular weight is 247 g/mol. The van der Waals surface area contributed by atoms with Crippen LogP contribution in [0, 0.1) is 5.92 Å². The Kier molecular flexibility index (Phi) is 6.07. The Hall–Kier alpha value is -0.240. The van der Waals surface area contributed by atoms with Crippen LogP contribution < -0.4 is 0 Å². The predicted molar refractivity (Wildman–Crippen MR) is 65.9 cm³/mol. The minimum atomic E-state index is 0.366. The number of benzene rings is 1. The van der Waals surface area contributed by atoms with E-state index in [-0.39, 0.29) is 0 Å². The van der Waals surface area contributed by atoms with E-state index in [2.05, 4.69) is 6.07 Å². The molecule has 1 nitrogen and oxygen atoms in total. The van der Waals surface area contributed by atoms with E-state index >= 15 is 0 Å². The molecule has 1 aromatic rings. The molecule has 15 heavy (non-hydrogen) atoms. The smallest absolute Gasteiger partial charge is 0.0508 e. The van der Waals surface area contributed by atoms with Gasteiger partial charge in [0.25, 0.3) is 0 Å². The van der Waals surface area contributed by atoms with Gasteiger partial charge in [-0.05, 0) is 37.0 Å². The van der Waals surface area contributed by atoms with Crippen molar-refractivity contribution in [1.29, 1.82) is 0 Å². The van der Waals surface area contributed by atoms with Gasteiger partial charge in [-0.15, -0.1) is 11.6 Å². The van der Waals surface area contributed by atoms with E-state index in [1.54, 1.807) is 0 Å². The Morgan fingerprint density at radius 3 is 2.80 bits per heavy atom. The second-order valence-electron chi connectivity index (χ2n) is 3.51. The maximum absolute atomic E-state index is 5.91. The van der Waals surface area contributed by atoms with Crippen LogP contribution in [0.2, 0.25) is 5.02 Å². The van der Waals surface area contributed by atoms with Crippen LogP contribution in [0.4, 0.5) is 0 Å². The van der Waals surface area contributed by atoms with Crippen molar-refractivity contribution in [2.75, 3.05) is 19.1 Å². The molecule has 0 N–H and O–H groups in total. The van der Waals surface area contributed by atoms with E-state index in [0.29, 0.717) is 18.4 Å². The van der Waals surface area contributed by atoms with E-state index in [4.69, 9.17) is 27.9 Å². The molecule has 0 spiro atoms. The van der Waals surface area contributed by atoms with Crippen LogP contribution in [0.15, 0.2) is 24.3 Å². The number of rotatable bonds is 6. The summed E-state index contributed by atoms with van der Waals surface area (Å²) in [6.07, 6.45) is 0.921. The molecule has 84 valence electrons. The normalized spacial score (nSPS) is 12.7. The number of halogens is 2. The van der Waals surface area contributed by atoms with Crippen molar-refractivity contribution in [3.05, 3.63) is 34.9 Å². The van der Waals surface area contributed by atoms with Crippen molar-refractivity contribution in [3.63, 3.8) is 0 Å². The van der Waals surface area contributed by atoms with Crippen LogP contribution in [0.3, 0.4) is 0 Å². The van der Waals surface area contributed by atoms with Gasteiger partial charge >= 0.3 is 0 Å². The maximum atomic E-state index is 5.91. The second kappa shape index (κ2) is 7.10. The molecule has 0 amide bonds. The zero-order valence-electron chi connectivity index (χ0n) is 8.88. The van der Waals surface area contributed by atoms with Gasteiger partial charge in [0, 0.05) is 17.5 Å². The lowest BCUT2D eigenvalue weighted by Crippen LogP contribution is -2.14. The fourth-order valence-corrected chi connectivity index (χ4v) is 1.85. The van der Waals surface area contributed by atoms with Gasteiger partial charge in [-0.3, -0.25) is 0 Å². The molecular formula is C12H16Cl2O. The molecule has 1 unspecified atom stereocenters. The molecule has 0 fully saturated rings. The van der Waals surface area contributed by atoms with Crippen LogP contribution in [0.1, 0.15) is 12.5 Å². The van der Waals surface area contributed by atoms with E-state index in [1.807, 2.05) is 25.1 Å². The predicted octanol–water partition coefficient (Wildman–Crippen LogP) is 3.77. The quantitative estimate of drug-likeness (QED) is 0.695. The lowest BCUT2D eigenvalue weighted by molar-refractivity contribution is 0.117. The second-order valence-corrected chi connectivity index (χ2v) is 4.26. The number of hydrogen-bond donors (Lipinski definition) is 0. The van der Waals surface area contributed by atoms with Crippen LogP contribution in [0.25, 0.3) is 0 Å². The van der Waals surface area contributed by atoms with Gasteiger partial charge in [0.15, 0.2) is 0 Å². The highest BCUT2D eigenvalue weighted by molar-refractivity contribution is 6.30. The summed E-state index contributed by atoms with van der Waals surface area (Å²) in [5, 5.41) is 0.775. The first-order chi connectivity index (χ1) is 7.26. The lowest BCUT2D eigenvalue weighted by Gasteiger charge is -2.13. The van der Waals surface area contributed by atoms with Crippen molar-refractivity contribution in [3.8, 4) is 0 Å². The van der Waals surface area contributed by atoms with E-state index in [9.17, 15) is 0 Å². The zero-order chi connectivity index (χ0) is 11.1. The van der Waals surface area contributed by atoms with Crippen molar-refractivity contribution in [2.24, 2.45) is 5.92 Å². The molecule has 1 rings (SSSR count). The van der Waals surface area contributed by atoms with Crippen LogP contribution in [0.5, 0.6) is 0 Å². The molecule has 0 heterocycles. The third kappa shape index (κ3) is 4.87. The first-order valence-corrected chi connectivity index (χ1v) is 6.05. The largest absolute Gasteiger partial charge is 0.381 e. The molecular weight excluding hydrogens is 231 g/mol. The van der Waals surface area contributed by atoms with Crippen molar-refractivity contribution >= 4 is 23.2 Å². The Labute approximate surface area is 101 Å². The average Bonchev–Trinajstić information content (AvgIpc) is 2.24. The fraction of sp³-hybridized carbons (Fsp3) is 0.500. The van der Waals surface area contributed by atoms with Gasteiger partial charge in [-0.1, -0.05) is 23.7 Å². The molecule has 0 saturated heterocycles. The first-order valence-electron chi connectivity index (χ1n) is 5.14. The third-order valence-corrected chi connectivity index (χ3v) is 2.86. The van der Waals surface area contributed by atoms with E-state index in [1.165, 1.54) is 5.56 Å². The number of alkyl halides is 1. The van der Waals surface area contributed by atoms with Gasteiger partial charge in [0.05, 0.1) is 6.61 Å². The molecule has 0 radical (unpaired) electrons. The summed E-state index contributed by atoms with van der Waals surface area (Å²) in [7, 11) is 0. The van der Waals surface area contributed by atoms with Crippen molar-refractivity contribution in [1.82, 2.24) is 0 Å². The molecule has 0 aliphatic rings. The molecule has 0 saturated carbocycles. The fourth-order valence-electron chi connectivity index (χ4n) is 1.44. The van der Waals surface area contributed by atoms with Gasteiger partial charge < -0.3 is 4.74 Å². The van der Waals surface area contributed by atoms with Crippen molar-refractivity contribution in [2.45, 2.75) is 13.3 Å². The number of ether oxygens (including phenoxy) is 1. The molecule has 1 aromatic carbocycles. The minimum Gasteiger partial charge on any atom is -0.381 e. The standard InChI is InChI=1S/C12H16Cl2O/c1-2-15-9-11(8-13)6-10-4-3-5-12(14)7-10/h3-5,7,11H,2,6,8-9H2,1H3. The lowest BCUT2D eigenvalue weighted by atomic mass is 10.0. The van der Waals surface area contributed by atoms with Gasteiger partial charge in [-0.2, -0.15) is 0 Å². The Morgan fingerprint density at radius 2 is 2.20 bits per heavy atom. The first kappa shape index (κ1) is 12.8. The molecule has 0 aliphatic carbocycles. The molecule has 3 heteroatoms. The topological polar surface area (TPSA) is 9.23 Å². The van der Waals surface area contributed by atoms with Gasteiger partial charge in [-0.25, -0.2) is 0 Å². The highest BCUT2D eigenvalue weighted by Gasteiger charge is 2.08. The Balaban J connectivity index is 2.50. The SMILES string of the molecule is CCOCC(CCl)Cc1cccc(Cl)c1. The molecule has 1 atom stereocenters. The zero-order valence-corrected chi connectivity index (χ0v) is 10.4. The van der Waals surface area contributed by atoms with E-state index in [0.717, 1.165) is 18.1 Å². The molecule has 0 aromatic heterocycles. The van der Waals surface area contributed by atoms with Crippen LogP contribution in [-0.4, -0.2) is 19.1 Å². The summed E-state index contributed by atoms with van der Waals surface area (Å²) in [5.74, 6) is 0.983. The molecule has 0 aliphatic heterocycles. The highest BCUT2D eigenvalue weighted by atomic mass is 35.5. The van der Waals surface area contributed by atoms with Gasteiger partial charge in [0.2, 0.25) is 0 Å². The summed E-state index contributed by atoms with van der Waals surface area (Å²) in [6.45, 7) is 3.44. The summed E-state index contributed by atoms with van der Waals surface area (Å²) in [6, 6.07) is 7.89. The highest BCUT2D eigenvalue weighted by Crippen LogP contribution is 2.15. The van der Waals surface area contributed by atoms with Crippen molar-refractivity contribution < 1.29 is 4.74 Å². The minimum absolute atomic E-state index is 0.366. The molecule has 0 bridgehead atoms. The monoisotopic (exact) mass is 246 g/mol. The van der Waals surface area contributed by atoms with Crippen LogP contribution in [-0.2, 0) is 11.2 Å². The summed E-state index contributed by atoms with van der Waals surface area (Å²) in [4.78, 5) is 0. The summed E-state index contributed by atoms with van der Waals surface area (Å²) >= 11 is 11.8. The van der Waals surface area contributed by atoms with E-state index < -0.39 is 0 Å².